The number of rotatable bonds is 4. The summed E-state index contributed by atoms with van der Waals surface area (Å²) in [5.41, 5.74) is 0. The van der Waals surface area contributed by atoms with Crippen molar-refractivity contribution < 1.29 is 5.11 Å². The van der Waals surface area contributed by atoms with Crippen LogP contribution in [0, 0.1) is 0 Å². The number of halogens is 1. The molecular formula is C12H17ClN2O. The minimum atomic E-state index is 0.264. The van der Waals surface area contributed by atoms with Crippen LogP contribution in [-0.2, 0) is 0 Å². The van der Waals surface area contributed by atoms with Crippen LogP contribution in [0.25, 0.3) is 0 Å². The molecule has 0 aliphatic carbocycles. The lowest BCUT2D eigenvalue weighted by molar-refractivity contribution is 0.279. The van der Waals surface area contributed by atoms with Gasteiger partial charge in [-0.1, -0.05) is 11.6 Å². The van der Waals surface area contributed by atoms with E-state index in [4.69, 9.17) is 16.7 Å². The smallest absolute Gasteiger partial charge is 0.147 e. The molecule has 1 saturated heterocycles. The second kappa shape index (κ2) is 5.51. The van der Waals surface area contributed by atoms with Gasteiger partial charge in [0.25, 0.3) is 0 Å². The van der Waals surface area contributed by atoms with Gasteiger partial charge < -0.3 is 10.0 Å². The van der Waals surface area contributed by atoms with Gasteiger partial charge in [-0.3, -0.25) is 0 Å². The molecule has 0 spiro atoms. The van der Waals surface area contributed by atoms with E-state index in [9.17, 15) is 0 Å². The highest BCUT2D eigenvalue weighted by molar-refractivity contribution is 6.32. The van der Waals surface area contributed by atoms with Gasteiger partial charge in [0.2, 0.25) is 0 Å². The van der Waals surface area contributed by atoms with Crippen molar-refractivity contribution in [3.8, 4) is 0 Å². The Bertz CT molecular complexity index is 346. The third kappa shape index (κ3) is 2.47. The van der Waals surface area contributed by atoms with Crippen LogP contribution in [0.3, 0.4) is 0 Å². The first-order chi connectivity index (χ1) is 7.83. The summed E-state index contributed by atoms with van der Waals surface area (Å²) in [4.78, 5) is 6.63. The summed E-state index contributed by atoms with van der Waals surface area (Å²) in [7, 11) is 0. The van der Waals surface area contributed by atoms with E-state index < -0.39 is 0 Å². The van der Waals surface area contributed by atoms with Crippen molar-refractivity contribution in [2.75, 3.05) is 18.1 Å². The fourth-order valence-corrected chi connectivity index (χ4v) is 2.56. The van der Waals surface area contributed by atoms with Crippen molar-refractivity contribution in [1.29, 1.82) is 0 Å². The van der Waals surface area contributed by atoms with Crippen molar-refractivity contribution in [2.45, 2.75) is 31.7 Å². The predicted octanol–water partition coefficient (Wildman–Crippen LogP) is 2.48. The van der Waals surface area contributed by atoms with Gasteiger partial charge in [-0.05, 0) is 37.8 Å². The monoisotopic (exact) mass is 240 g/mol. The highest BCUT2D eigenvalue weighted by atomic mass is 35.5. The molecule has 0 bridgehead atoms. The minimum Gasteiger partial charge on any atom is -0.396 e. The van der Waals surface area contributed by atoms with Crippen LogP contribution in [0.4, 0.5) is 5.82 Å². The number of aliphatic hydroxyl groups is 1. The molecule has 0 aromatic carbocycles. The van der Waals surface area contributed by atoms with Crippen LogP contribution in [0.1, 0.15) is 25.7 Å². The largest absolute Gasteiger partial charge is 0.396 e. The topological polar surface area (TPSA) is 36.4 Å². The lowest BCUT2D eigenvalue weighted by Gasteiger charge is -2.26. The van der Waals surface area contributed by atoms with Crippen LogP contribution in [-0.4, -0.2) is 29.3 Å². The van der Waals surface area contributed by atoms with Crippen LogP contribution >= 0.6 is 11.6 Å². The third-order valence-corrected chi connectivity index (χ3v) is 3.38. The number of aliphatic hydroxyl groups excluding tert-OH is 1. The summed E-state index contributed by atoms with van der Waals surface area (Å²) in [5.74, 6) is 0.893. The number of hydrogen-bond acceptors (Lipinski definition) is 3. The molecule has 3 nitrogen and oxygen atoms in total. The van der Waals surface area contributed by atoms with Crippen LogP contribution in [0.2, 0.25) is 5.02 Å². The van der Waals surface area contributed by atoms with Crippen molar-refractivity contribution >= 4 is 17.4 Å². The van der Waals surface area contributed by atoms with E-state index >= 15 is 0 Å². The zero-order valence-corrected chi connectivity index (χ0v) is 10.0. The molecule has 88 valence electrons. The highest BCUT2D eigenvalue weighted by Crippen LogP contribution is 2.31. The molecule has 1 atom stereocenters. The SMILES string of the molecule is OCCCC1CCCN1c1ncccc1Cl. The molecule has 1 aromatic heterocycles. The van der Waals surface area contributed by atoms with Crippen molar-refractivity contribution in [3.63, 3.8) is 0 Å². The Morgan fingerprint density at radius 2 is 2.44 bits per heavy atom. The maximum atomic E-state index is 8.88. The Morgan fingerprint density at radius 1 is 1.56 bits per heavy atom. The summed E-state index contributed by atoms with van der Waals surface area (Å²) in [5, 5.41) is 9.60. The first-order valence-electron chi connectivity index (χ1n) is 5.81. The Labute approximate surface area is 101 Å². The maximum Gasteiger partial charge on any atom is 0.147 e. The lowest BCUT2D eigenvalue weighted by atomic mass is 10.1. The molecule has 1 aliphatic heterocycles. The van der Waals surface area contributed by atoms with E-state index in [0.29, 0.717) is 6.04 Å². The first-order valence-corrected chi connectivity index (χ1v) is 6.18. The molecule has 1 aromatic rings. The maximum absolute atomic E-state index is 8.88. The Morgan fingerprint density at radius 3 is 3.19 bits per heavy atom. The fraction of sp³-hybridized carbons (Fsp3) is 0.583. The van der Waals surface area contributed by atoms with E-state index in [1.165, 1.54) is 12.8 Å². The summed E-state index contributed by atoms with van der Waals surface area (Å²) in [6.07, 6.45) is 6.01. The van der Waals surface area contributed by atoms with E-state index in [1.54, 1.807) is 6.20 Å². The third-order valence-electron chi connectivity index (χ3n) is 3.08. The molecule has 1 aliphatic rings. The zero-order chi connectivity index (χ0) is 11.4. The van der Waals surface area contributed by atoms with Crippen molar-refractivity contribution in [3.05, 3.63) is 23.4 Å². The molecule has 0 amide bonds. The van der Waals surface area contributed by atoms with Gasteiger partial charge >= 0.3 is 0 Å². The van der Waals surface area contributed by atoms with E-state index in [1.807, 2.05) is 12.1 Å². The van der Waals surface area contributed by atoms with E-state index in [2.05, 4.69) is 9.88 Å². The van der Waals surface area contributed by atoms with Gasteiger partial charge in [0.1, 0.15) is 5.82 Å². The molecule has 1 unspecified atom stereocenters. The molecule has 4 heteroatoms. The van der Waals surface area contributed by atoms with Gasteiger partial charge in [0.15, 0.2) is 0 Å². The lowest BCUT2D eigenvalue weighted by Crippen LogP contribution is -2.30. The number of pyridine rings is 1. The van der Waals surface area contributed by atoms with Crippen LogP contribution in [0.15, 0.2) is 18.3 Å². The quantitative estimate of drug-likeness (QED) is 0.879. The van der Waals surface area contributed by atoms with Gasteiger partial charge in [0.05, 0.1) is 5.02 Å². The summed E-state index contributed by atoms with van der Waals surface area (Å²) >= 11 is 6.15. The first kappa shape index (κ1) is 11.7. The zero-order valence-electron chi connectivity index (χ0n) is 9.27. The van der Waals surface area contributed by atoms with Gasteiger partial charge in [0, 0.05) is 25.4 Å². The molecule has 0 saturated carbocycles. The Kier molecular flexibility index (Phi) is 4.02. The minimum absolute atomic E-state index is 0.264. The summed E-state index contributed by atoms with van der Waals surface area (Å²) in [6, 6.07) is 4.22. The summed E-state index contributed by atoms with van der Waals surface area (Å²) in [6.45, 7) is 1.28. The fourth-order valence-electron chi connectivity index (χ4n) is 2.33. The number of hydrogen-bond donors (Lipinski definition) is 1. The molecule has 1 fully saturated rings. The van der Waals surface area contributed by atoms with Gasteiger partial charge in [-0.2, -0.15) is 0 Å². The molecule has 1 N–H and O–H groups in total. The van der Waals surface area contributed by atoms with E-state index in [-0.39, 0.29) is 6.61 Å². The van der Waals surface area contributed by atoms with Crippen LogP contribution in [0.5, 0.6) is 0 Å². The summed E-state index contributed by atoms with van der Waals surface area (Å²) < 4.78 is 0. The van der Waals surface area contributed by atoms with Crippen LogP contribution < -0.4 is 4.90 Å². The second-order valence-corrected chi connectivity index (χ2v) is 4.57. The normalized spacial score (nSPS) is 20.4. The molecule has 2 rings (SSSR count). The number of anilines is 1. The average Bonchev–Trinajstić information content (AvgIpc) is 2.75. The van der Waals surface area contributed by atoms with Gasteiger partial charge in [-0.15, -0.1) is 0 Å². The number of nitrogens with zero attached hydrogens (tertiary/aromatic N) is 2. The van der Waals surface area contributed by atoms with Crippen molar-refractivity contribution in [2.24, 2.45) is 0 Å². The molecular weight excluding hydrogens is 224 g/mol. The highest BCUT2D eigenvalue weighted by Gasteiger charge is 2.26. The molecule has 16 heavy (non-hydrogen) atoms. The van der Waals surface area contributed by atoms with Gasteiger partial charge in [-0.25, -0.2) is 4.98 Å². The van der Waals surface area contributed by atoms with Crippen molar-refractivity contribution in [1.82, 2.24) is 4.98 Å². The molecule has 0 radical (unpaired) electrons. The number of aromatic nitrogens is 1. The average molecular weight is 241 g/mol. The standard InChI is InChI=1S/C12H17ClN2O/c13-11-6-1-7-14-12(11)15-8-2-4-10(15)5-3-9-16/h1,6-7,10,16H,2-5,8-9H2. The second-order valence-electron chi connectivity index (χ2n) is 4.16. The predicted molar refractivity (Wildman–Crippen MR) is 65.9 cm³/mol. The van der Waals surface area contributed by atoms with E-state index in [0.717, 1.165) is 30.2 Å². The molecule has 2 heterocycles. The Balaban J connectivity index is 2.10. The Hall–Kier alpha value is -0.800.